The maximum atomic E-state index is 12.7. The zero-order valence-corrected chi connectivity index (χ0v) is 15.7. The molecule has 1 saturated heterocycles. The zero-order valence-electron chi connectivity index (χ0n) is 14.9. The predicted molar refractivity (Wildman–Crippen MR) is 104 cm³/mol. The second-order valence-electron chi connectivity index (χ2n) is 6.28. The van der Waals surface area contributed by atoms with Gasteiger partial charge in [0.25, 0.3) is 0 Å². The minimum absolute atomic E-state index is 0.177. The standard InChI is InChI=1S/C20H22N2O3S/c1-14-7-6-8-15(2)18(14)21-19(23)17-12-26-13-22(17)20(24)25-11-16-9-4-3-5-10-16/h3-10,17H,11-13H2,1-2H3,(H,21,23)/t17-/m1/s1. The number of nitrogens with zero attached hydrogens (tertiary/aromatic N) is 1. The quantitative estimate of drug-likeness (QED) is 0.885. The minimum atomic E-state index is -0.526. The summed E-state index contributed by atoms with van der Waals surface area (Å²) in [6.45, 7) is 4.11. The monoisotopic (exact) mass is 370 g/mol. The van der Waals surface area contributed by atoms with E-state index in [9.17, 15) is 9.59 Å². The number of para-hydroxylation sites is 1. The maximum Gasteiger partial charge on any atom is 0.411 e. The molecule has 1 atom stereocenters. The largest absolute Gasteiger partial charge is 0.445 e. The van der Waals surface area contributed by atoms with Gasteiger partial charge in [0.1, 0.15) is 12.6 Å². The van der Waals surface area contributed by atoms with Crippen molar-refractivity contribution in [1.29, 1.82) is 0 Å². The molecule has 6 heteroatoms. The number of rotatable bonds is 4. The molecule has 1 fully saturated rings. The molecule has 5 nitrogen and oxygen atoms in total. The van der Waals surface area contributed by atoms with Gasteiger partial charge in [-0.3, -0.25) is 9.69 Å². The first-order valence-corrected chi connectivity index (χ1v) is 9.64. The Morgan fingerprint density at radius 3 is 2.50 bits per heavy atom. The minimum Gasteiger partial charge on any atom is -0.445 e. The van der Waals surface area contributed by atoms with E-state index in [0.717, 1.165) is 22.4 Å². The molecular weight excluding hydrogens is 348 g/mol. The van der Waals surface area contributed by atoms with Crippen molar-refractivity contribution in [3.8, 4) is 0 Å². The summed E-state index contributed by atoms with van der Waals surface area (Å²) in [7, 11) is 0. The van der Waals surface area contributed by atoms with Gasteiger partial charge in [-0.05, 0) is 30.5 Å². The maximum absolute atomic E-state index is 12.7. The Balaban J connectivity index is 1.63. The molecule has 0 unspecified atom stereocenters. The number of nitrogens with one attached hydrogen (secondary N) is 1. The summed E-state index contributed by atoms with van der Waals surface area (Å²) >= 11 is 1.55. The van der Waals surface area contributed by atoms with Crippen molar-refractivity contribution in [2.75, 3.05) is 16.9 Å². The fraction of sp³-hybridized carbons (Fsp3) is 0.300. The van der Waals surface area contributed by atoms with E-state index >= 15 is 0 Å². The van der Waals surface area contributed by atoms with Gasteiger partial charge in [0.2, 0.25) is 5.91 Å². The molecule has 0 saturated carbocycles. The van der Waals surface area contributed by atoms with Crippen LogP contribution in [0, 0.1) is 13.8 Å². The van der Waals surface area contributed by atoms with E-state index in [4.69, 9.17) is 4.74 Å². The number of anilines is 1. The highest BCUT2D eigenvalue weighted by atomic mass is 32.2. The number of benzene rings is 2. The molecule has 0 spiro atoms. The lowest BCUT2D eigenvalue weighted by Gasteiger charge is -2.23. The van der Waals surface area contributed by atoms with Crippen molar-refractivity contribution in [3.05, 3.63) is 65.2 Å². The number of carbonyl (C=O) groups is 2. The highest BCUT2D eigenvalue weighted by Gasteiger charge is 2.36. The average Bonchev–Trinajstić information content (AvgIpc) is 3.13. The second kappa shape index (κ2) is 8.27. The molecule has 26 heavy (non-hydrogen) atoms. The Morgan fingerprint density at radius 2 is 1.81 bits per heavy atom. The molecule has 2 aromatic carbocycles. The van der Waals surface area contributed by atoms with Gasteiger partial charge < -0.3 is 10.1 Å². The Kier molecular flexibility index (Phi) is 5.83. The fourth-order valence-electron chi connectivity index (χ4n) is 2.86. The molecule has 0 aliphatic carbocycles. The zero-order chi connectivity index (χ0) is 18.5. The Morgan fingerprint density at radius 1 is 1.12 bits per heavy atom. The van der Waals surface area contributed by atoms with Gasteiger partial charge in [0.05, 0.1) is 5.88 Å². The first-order chi connectivity index (χ1) is 12.6. The Bertz CT molecular complexity index is 775. The molecule has 0 bridgehead atoms. The number of hydrogen-bond acceptors (Lipinski definition) is 4. The van der Waals surface area contributed by atoms with Crippen LogP contribution < -0.4 is 5.32 Å². The van der Waals surface area contributed by atoms with Gasteiger partial charge in [0.15, 0.2) is 0 Å². The highest BCUT2D eigenvalue weighted by molar-refractivity contribution is 7.99. The number of carbonyl (C=O) groups excluding carboxylic acids is 2. The summed E-state index contributed by atoms with van der Waals surface area (Å²) in [5, 5.41) is 2.98. The van der Waals surface area contributed by atoms with Gasteiger partial charge in [0, 0.05) is 11.4 Å². The van der Waals surface area contributed by atoms with Crippen LogP contribution in [-0.2, 0) is 16.1 Å². The summed E-state index contributed by atoms with van der Waals surface area (Å²) in [6.07, 6.45) is -0.458. The number of aryl methyl sites for hydroxylation is 2. The van der Waals surface area contributed by atoms with Crippen LogP contribution in [0.3, 0.4) is 0 Å². The molecule has 1 aliphatic rings. The molecule has 2 amide bonds. The van der Waals surface area contributed by atoms with E-state index in [0.29, 0.717) is 11.6 Å². The van der Waals surface area contributed by atoms with Crippen LogP contribution in [0.5, 0.6) is 0 Å². The molecule has 1 aliphatic heterocycles. The third-order valence-electron chi connectivity index (χ3n) is 4.35. The number of thioether (sulfide) groups is 1. The van der Waals surface area contributed by atoms with Crippen molar-refractivity contribution in [2.45, 2.75) is 26.5 Å². The summed E-state index contributed by atoms with van der Waals surface area (Å²) < 4.78 is 5.38. The molecule has 2 aromatic rings. The molecule has 136 valence electrons. The lowest BCUT2D eigenvalue weighted by atomic mass is 10.1. The SMILES string of the molecule is Cc1cccc(C)c1NC(=O)[C@H]1CSCN1C(=O)OCc1ccccc1. The normalized spacial score (nSPS) is 16.4. The van der Waals surface area contributed by atoms with Crippen LogP contribution in [0.15, 0.2) is 48.5 Å². The van der Waals surface area contributed by atoms with E-state index in [1.54, 1.807) is 11.8 Å². The van der Waals surface area contributed by atoms with Crippen molar-refractivity contribution in [2.24, 2.45) is 0 Å². The first kappa shape index (κ1) is 18.3. The van der Waals surface area contributed by atoms with Gasteiger partial charge >= 0.3 is 6.09 Å². The van der Waals surface area contributed by atoms with Gasteiger partial charge in [-0.1, -0.05) is 48.5 Å². The fourth-order valence-corrected chi connectivity index (χ4v) is 4.00. The number of ether oxygens (including phenoxy) is 1. The molecular formula is C20H22N2O3S. The van der Waals surface area contributed by atoms with Crippen LogP contribution in [0.25, 0.3) is 0 Å². The molecule has 1 heterocycles. The van der Waals surface area contributed by atoms with Crippen LogP contribution in [0.2, 0.25) is 0 Å². The van der Waals surface area contributed by atoms with Gasteiger partial charge in [-0.15, -0.1) is 11.8 Å². The summed E-state index contributed by atoms with van der Waals surface area (Å²) in [5.74, 6) is 0.847. The topological polar surface area (TPSA) is 58.6 Å². The molecule has 0 aromatic heterocycles. The molecule has 3 rings (SSSR count). The van der Waals surface area contributed by atoms with Crippen molar-refractivity contribution >= 4 is 29.4 Å². The van der Waals surface area contributed by atoms with Crippen molar-refractivity contribution in [3.63, 3.8) is 0 Å². The highest BCUT2D eigenvalue weighted by Crippen LogP contribution is 2.25. The van der Waals surface area contributed by atoms with E-state index in [2.05, 4.69) is 5.32 Å². The Labute approximate surface area is 157 Å². The van der Waals surface area contributed by atoms with Crippen LogP contribution in [-0.4, -0.2) is 34.6 Å². The van der Waals surface area contributed by atoms with E-state index < -0.39 is 12.1 Å². The second-order valence-corrected chi connectivity index (χ2v) is 7.28. The number of hydrogen-bond donors (Lipinski definition) is 1. The molecule has 0 radical (unpaired) electrons. The smallest absolute Gasteiger partial charge is 0.411 e. The van der Waals surface area contributed by atoms with Crippen LogP contribution in [0.4, 0.5) is 10.5 Å². The van der Waals surface area contributed by atoms with E-state index in [-0.39, 0.29) is 12.5 Å². The third kappa shape index (κ3) is 4.19. The van der Waals surface area contributed by atoms with Gasteiger partial charge in [-0.2, -0.15) is 0 Å². The van der Waals surface area contributed by atoms with Crippen molar-refractivity contribution < 1.29 is 14.3 Å². The predicted octanol–water partition coefficient (Wildman–Crippen LogP) is 3.95. The first-order valence-electron chi connectivity index (χ1n) is 8.48. The van der Waals surface area contributed by atoms with E-state index in [1.165, 1.54) is 4.90 Å². The molecule has 1 N–H and O–H groups in total. The summed E-state index contributed by atoms with van der Waals surface area (Å²) in [6, 6.07) is 14.9. The lowest BCUT2D eigenvalue weighted by Crippen LogP contribution is -2.44. The van der Waals surface area contributed by atoms with Gasteiger partial charge in [-0.25, -0.2) is 4.79 Å². The van der Waals surface area contributed by atoms with Crippen molar-refractivity contribution in [1.82, 2.24) is 4.90 Å². The average molecular weight is 370 g/mol. The van der Waals surface area contributed by atoms with Crippen LogP contribution in [0.1, 0.15) is 16.7 Å². The Hall–Kier alpha value is -2.47. The summed E-state index contributed by atoms with van der Waals surface area (Å²) in [5.41, 5.74) is 3.74. The lowest BCUT2D eigenvalue weighted by molar-refractivity contribution is -0.119. The van der Waals surface area contributed by atoms with E-state index in [1.807, 2.05) is 62.4 Å². The van der Waals surface area contributed by atoms with Crippen LogP contribution >= 0.6 is 11.8 Å². The number of amides is 2. The summed E-state index contributed by atoms with van der Waals surface area (Å²) in [4.78, 5) is 26.7. The third-order valence-corrected chi connectivity index (χ3v) is 5.37.